The van der Waals surface area contributed by atoms with Gasteiger partial charge in [0.25, 0.3) is 0 Å². The largest absolute Gasteiger partial charge is 2.00 e. The van der Waals surface area contributed by atoms with E-state index in [1.807, 2.05) is 0 Å². The number of aryl methyl sites for hydroxylation is 8. The summed E-state index contributed by atoms with van der Waals surface area (Å²) in [5.74, 6) is 1.32. The van der Waals surface area contributed by atoms with Crippen LogP contribution < -0.4 is 61.0 Å². The third-order valence-corrected chi connectivity index (χ3v) is 14.7. The van der Waals surface area contributed by atoms with E-state index >= 15 is 0 Å². The van der Waals surface area contributed by atoms with Crippen molar-refractivity contribution in [2.45, 2.75) is 69.2 Å². The number of aliphatic carboxylic acids is 2. The van der Waals surface area contributed by atoms with Crippen molar-refractivity contribution >= 4 is 59.6 Å². The molecular formula is C52H58O8P2Ru. The fourth-order valence-electron chi connectivity index (χ4n) is 8.03. The van der Waals surface area contributed by atoms with Gasteiger partial charge in [0.2, 0.25) is 0 Å². The van der Waals surface area contributed by atoms with Gasteiger partial charge in [0.05, 0.1) is 28.4 Å². The number of hydrogen-bond acceptors (Lipinski definition) is 8. The standard InChI is InChI=1S/C48H52O4P2.2C2H4O2.Ru/c1-29-19-30(2)22-37(21-29)53(39-25-33(5)47(51-11)34(6)26-39)43-17-13-15-41(49-9)45(43)46-42(50-10)16-14-18-44(46)54(38-23-31(3)20-32(4)24-38)40-27-35(7)48(52-12)36(8)28-40;2*1-2(3)4;/h13-28H,1-12H3;2*1H3,(H,3,4);/q;;;+2/p-2. The average molecular weight is 974 g/mol. The smallest absolute Gasteiger partial charge is 0.550 e. The summed E-state index contributed by atoms with van der Waals surface area (Å²) in [5, 5.41) is 25.3. The van der Waals surface area contributed by atoms with Crippen LogP contribution in [0.4, 0.5) is 0 Å². The van der Waals surface area contributed by atoms with Crippen molar-refractivity contribution < 1.29 is 58.2 Å². The first-order chi connectivity index (χ1) is 29.3. The van der Waals surface area contributed by atoms with Gasteiger partial charge in [0.15, 0.2) is 0 Å². The zero-order chi connectivity index (χ0) is 46.0. The molecule has 332 valence electrons. The topological polar surface area (TPSA) is 117 Å². The maximum atomic E-state index is 8.89. The second-order valence-electron chi connectivity index (χ2n) is 15.3. The molecule has 0 spiro atoms. The van der Waals surface area contributed by atoms with Gasteiger partial charge in [-0.25, -0.2) is 0 Å². The minimum absolute atomic E-state index is 0. The quantitative estimate of drug-likeness (QED) is 0.102. The number of carboxylic acids is 2. The Labute approximate surface area is 389 Å². The Morgan fingerprint density at radius 1 is 0.429 bits per heavy atom. The van der Waals surface area contributed by atoms with Gasteiger partial charge < -0.3 is 38.7 Å². The second kappa shape index (κ2) is 23.6. The predicted molar refractivity (Wildman–Crippen MR) is 255 cm³/mol. The van der Waals surface area contributed by atoms with Crippen LogP contribution in [0, 0.1) is 55.4 Å². The number of carbonyl (C=O) groups is 2. The molecule has 8 nitrogen and oxygen atoms in total. The summed E-state index contributed by atoms with van der Waals surface area (Å²) in [7, 11) is 4.91. The molecule has 6 aromatic rings. The summed E-state index contributed by atoms with van der Waals surface area (Å²) in [6.45, 7) is 19.3. The summed E-state index contributed by atoms with van der Waals surface area (Å²) in [6, 6.07) is 36.2. The van der Waals surface area contributed by atoms with Gasteiger partial charge in [0.1, 0.15) is 23.0 Å². The van der Waals surface area contributed by atoms with Crippen LogP contribution in [-0.4, -0.2) is 40.4 Å². The summed E-state index contributed by atoms with van der Waals surface area (Å²) >= 11 is 0. The Balaban J connectivity index is 0.00000108. The molecule has 0 aliphatic rings. The summed E-state index contributed by atoms with van der Waals surface area (Å²) in [5.41, 5.74) is 11.6. The first-order valence-electron chi connectivity index (χ1n) is 20.1. The van der Waals surface area contributed by atoms with E-state index < -0.39 is 27.8 Å². The second-order valence-corrected chi connectivity index (χ2v) is 19.7. The molecule has 2 atom stereocenters. The van der Waals surface area contributed by atoms with Crippen molar-refractivity contribution in [3.05, 3.63) is 142 Å². The first-order valence-corrected chi connectivity index (χ1v) is 22.8. The molecule has 11 heteroatoms. The molecule has 0 aromatic heterocycles. The first kappa shape index (κ1) is 52.3. The van der Waals surface area contributed by atoms with E-state index in [4.69, 9.17) is 38.7 Å². The van der Waals surface area contributed by atoms with Gasteiger partial charge in [-0.3, -0.25) is 0 Å². The molecule has 0 saturated heterocycles. The normalized spacial score (nSPS) is 11.3. The van der Waals surface area contributed by atoms with Crippen LogP contribution in [0.2, 0.25) is 0 Å². The number of rotatable bonds is 11. The predicted octanol–water partition coefficient (Wildman–Crippen LogP) is 6.88. The Morgan fingerprint density at radius 3 is 0.921 bits per heavy atom. The van der Waals surface area contributed by atoms with Gasteiger partial charge in [-0.15, -0.1) is 0 Å². The van der Waals surface area contributed by atoms with Crippen molar-refractivity contribution in [1.82, 2.24) is 0 Å². The molecule has 6 aromatic carbocycles. The number of hydrogen-bond donors (Lipinski definition) is 0. The number of carbonyl (C=O) groups excluding carboxylic acids is 2. The van der Waals surface area contributed by atoms with Crippen LogP contribution in [0.25, 0.3) is 11.1 Å². The van der Waals surface area contributed by atoms with Crippen LogP contribution in [0.15, 0.2) is 97.1 Å². The van der Waals surface area contributed by atoms with Gasteiger partial charge in [0, 0.05) is 23.1 Å². The molecule has 0 bridgehead atoms. The van der Waals surface area contributed by atoms with Crippen LogP contribution in [0.5, 0.6) is 23.0 Å². The van der Waals surface area contributed by atoms with Crippen molar-refractivity contribution in [2.24, 2.45) is 0 Å². The Morgan fingerprint density at radius 2 is 0.683 bits per heavy atom. The van der Waals surface area contributed by atoms with Gasteiger partial charge in [-0.1, -0.05) is 82.9 Å². The maximum Gasteiger partial charge on any atom is 2.00 e. The Hall–Kier alpha value is -5.06. The third-order valence-electron chi connectivity index (χ3n) is 9.92. The third kappa shape index (κ3) is 13.0. The molecule has 6 rings (SSSR count). The van der Waals surface area contributed by atoms with Gasteiger partial charge in [-0.2, -0.15) is 0 Å². The van der Waals surface area contributed by atoms with Crippen LogP contribution in [-0.2, 0) is 29.1 Å². The van der Waals surface area contributed by atoms with Crippen molar-refractivity contribution in [3.8, 4) is 34.1 Å². The van der Waals surface area contributed by atoms with Gasteiger partial charge in [-0.05, 0) is 176 Å². The molecule has 2 unspecified atom stereocenters. The van der Waals surface area contributed by atoms with Crippen molar-refractivity contribution in [1.29, 1.82) is 0 Å². The van der Waals surface area contributed by atoms with Crippen LogP contribution >= 0.6 is 15.8 Å². The maximum absolute atomic E-state index is 8.89. The average Bonchev–Trinajstić information content (AvgIpc) is 3.17. The SMILES string of the molecule is CC(=O)[O-].CC(=O)[O-].COc1cccc(P(c2cc(C)cc(C)c2)c2cc(C)c(OC)c(C)c2)c1-c1c(OC)cccc1P(c1cc(C)cc(C)c1)c1cc(C)c(OC)c(C)c1.[Ru+2]. The molecule has 0 fully saturated rings. The molecular weight excluding hydrogens is 916 g/mol. The van der Waals surface area contributed by atoms with Crippen LogP contribution in [0.1, 0.15) is 58.4 Å². The van der Waals surface area contributed by atoms with Crippen LogP contribution in [0.3, 0.4) is 0 Å². The zero-order valence-electron chi connectivity index (χ0n) is 38.8. The fraction of sp³-hybridized carbons (Fsp3) is 0.269. The number of benzene rings is 6. The molecule has 0 heterocycles. The molecule has 63 heavy (non-hydrogen) atoms. The van der Waals surface area contributed by atoms with E-state index in [2.05, 4.69) is 152 Å². The molecule has 0 aliphatic heterocycles. The number of ether oxygens (including phenoxy) is 4. The van der Waals surface area contributed by atoms with Gasteiger partial charge >= 0.3 is 19.5 Å². The summed E-state index contributed by atoms with van der Waals surface area (Å²) in [4.78, 5) is 17.8. The van der Waals surface area contributed by atoms with E-state index in [0.29, 0.717) is 0 Å². The monoisotopic (exact) mass is 974 g/mol. The van der Waals surface area contributed by atoms with Crippen molar-refractivity contribution in [3.63, 3.8) is 0 Å². The molecule has 0 saturated carbocycles. The molecule has 0 amide bonds. The Bertz CT molecular complexity index is 2300. The fourth-order valence-corrected chi connectivity index (χ4v) is 13.7. The summed E-state index contributed by atoms with van der Waals surface area (Å²) in [6.07, 6.45) is 0. The van der Waals surface area contributed by atoms with Crippen molar-refractivity contribution in [2.75, 3.05) is 28.4 Å². The van der Waals surface area contributed by atoms with E-state index in [1.54, 1.807) is 28.4 Å². The number of carboxylic acid groups (broad SMARTS) is 2. The minimum atomic E-state index is -1.08. The van der Waals surface area contributed by atoms with E-state index in [-0.39, 0.29) is 19.5 Å². The summed E-state index contributed by atoms with van der Waals surface area (Å²) < 4.78 is 24.5. The minimum Gasteiger partial charge on any atom is -0.550 e. The van der Waals surface area contributed by atoms with E-state index in [0.717, 1.165) is 70.2 Å². The van der Waals surface area contributed by atoms with E-state index in [9.17, 15) is 0 Å². The number of methoxy groups -OCH3 is 4. The zero-order valence-corrected chi connectivity index (χ0v) is 42.3. The Kier molecular flexibility index (Phi) is 19.6. The molecule has 0 aliphatic carbocycles. The van der Waals surface area contributed by atoms with E-state index in [1.165, 1.54) is 54.1 Å². The molecule has 0 radical (unpaired) electrons. The molecule has 0 N–H and O–H groups in total.